The highest BCUT2D eigenvalue weighted by Crippen LogP contribution is 2.26. The van der Waals surface area contributed by atoms with Crippen LogP contribution in [0.25, 0.3) is 0 Å². The Morgan fingerprint density at radius 3 is 2.40 bits per heavy atom. The maximum atomic E-state index is 3.62. The molecular formula is C12H17BrN2. The molecule has 0 spiro atoms. The molecule has 3 heteroatoms. The second kappa shape index (κ2) is 5.52. The molecule has 0 saturated carbocycles. The number of hydrogen-bond acceptors (Lipinski definition) is 2. The van der Waals surface area contributed by atoms with E-state index in [9.17, 15) is 0 Å². The fraction of sp³-hybridized carbons (Fsp3) is 0.500. The third kappa shape index (κ3) is 2.95. The van der Waals surface area contributed by atoms with Gasteiger partial charge in [-0.05, 0) is 54.0 Å². The van der Waals surface area contributed by atoms with E-state index < -0.39 is 0 Å². The van der Waals surface area contributed by atoms with Gasteiger partial charge >= 0.3 is 0 Å². The number of hydrogen-bond donors (Lipinski definition) is 1. The van der Waals surface area contributed by atoms with Gasteiger partial charge in [0.1, 0.15) is 0 Å². The van der Waals surface area contributed by atoms with E-state index in [4.69, 9.17) is 0 Å². The van der Waals surface area contributed by atoms with E-state index in [1.54, 1.807) is 0 Å². The summed E-state index contributed by atoms with van der Waals surface area (Å²) in [5.41, 5.74) is 1.33. The van der Waals surface area contributed by atoms with Crippen LogP contribution in [0.5, 0.6) is 0 Å². The highest BCUT2D eigenvalue weighted by Gasteiger charge is 2.10. The molecule has 1 aromatic carbocycles. The third-order valence-electron chi connectivity index (χ3n) is 2.76. The van der Waals surface area contributed by atoms with Gasteiger partial charge in [-0.2, -0.15) is 0 Å². The SMILES string of the molecule is Brc1ccccc1N1CCCNCCC1. The molecule has 0 atom stereocenters. The van der Waals surface area contributed by atoms with E-state index in [0.29, 0.717) is 0 Å². The molecule has 0 radical (unpaired) electrons. The van der Waals surface area contributed by atoms with Gasteiger partial charge in [0.05, 0.1) is 5.69 Å². The molecule has 2 rings (SSSR count). The van der Waals surface area contributed by atoms with E-state index in [2.05, 4.69) is 50.4 Å². The Kier molecular flexibility index (Phi) is 4.03. The van der Waals surface area contributed by atoms with Crippen molar-refractivity contribution in [1.29, 1.82) is 0 Å². The molecule has 0 aliphatic carbocycles. The van der Waals surface area contributed by atoms with Crippen LogP contribution in [0.1, 0.15) is 12.8 Å². The van der Waals surface area contributed by atoms with E-state index in [1.165, 1.54) is 23.0 Å². The first-order chi connectivity index (χ1) is 7.38. The van der Waals surface area contributed by atoms with Gasteiger partial charge in [-0.25, -0.2) is 0 Å². The second-order valence-corrected chi connectivity index (χ2v) is 4.75. The van der Waals surface area contributed by atoms with Gasteiger partial charge in [0, 0.05) is 17.6 Å². The van der Waals surface area contributed by atoms with Gasteiger partial charge in [0.15, 0.2) is 0 Å². The zero-order valence-corrected chi connectivity index (χ0v) is 10.5. The highest BCUT2D eigenvalue weighted by atomic mass is 79.9. The van der Waals surface area contributed by atoms with Crippen molar-refractivity contribution in [2.45, 2.75) is 12.8 Å². The van der Waals surface area contributed by atoms with Gasteiger partial charge in [0.2, 0.25) is 0 Å². The van der Waals surface area contributed by atoms with Crippen molar-refractivity contribution in [1.82, 2.24) is 5.32 Å². The van der Waals surface area contributed by atoms with E-state index in [-0.39, 0.29) is 0 Å². The Morgan fingerprint density at radius 1 is 1.07 bits per heavy atom. The topological polar surface area (TPSA) is 15.3 Å². The molecule has 1 aliphatic heterocycles. The summed E-state index contributed by atoms with van der Waals surface area (Å²) in [7, 11) is 0. The first kappa shape index (κ1) is 11.0. The summed E-state index contributed by atoms with van der Waals surface area (Å²) in [6.45, 7) is 4.58. The van der Waals surface area contributed by atoms with Crippen LogP contribution in [-0.2, 0) is 0 Å². The number of benzene rings is 1. The Morgan fingerprint density at radius 2 is 1.73 bits per heavy atom. The maximum Gasteiger partial charge on any atom is 0.0510 e. The summed E-state index contributed by atoms with van der Waals surface area (Å²) in [4.78, 5) is 2.48. The zero-order chi connectivity index (χ0) is 10.5. The Bertz CT molecular complexity index is 306. The summed E-state index contributed by atoms with van der Waals surface area (Å²) in [6, 6.07) is 8.49. The minimum Gasteiger partial charge on any atom is -0.371 e. The molecule has 1 aliphatic rings. The summed E-state index contributed by atoms with van der Waals surface area (Å²) in [5, 5.41) is 3.44. The lowest BCUT2D eigenvalue weighted by molar-refractivity contribution is 0.567. The predicted molar refractivity (Wildman–Crippen MR) is 68.5 cm³/mol. The van der Waals surface area contributed by atoms with E-state index in [1.807, 2.05) is 0 Å². The normalized spacial score (nSPS) is 18.3. The Hall–Kier alpha value is -0.540. The molecule has 1 heterocycles. The molecule has 1 N–H and O–H groups in total. The number of para-hydroxylation sites is 1. The molecule has 0 bridgehead atoms. The first-order valence-corrected chi connectivity index (χ1v) is 6.37. The standard InChI is InChI=1S/C12H17BrN2/c13-11-5-1-2-6-12(11)15-9-3-7-14-8-4-10-15/h1-2,5-6,14H,3-4,7-10H2. The van der Waals surface area contributed by atoms with Crippen LogP contribution in [-0.4, -0.2) is 26.2 Å². The number of halogens is 1. The molecule has 2 nitrogen and oxygen atoms in total. The lowest BCUT2D eigenvalue weighted by atomic mass is 10.2. The summed E-state index contributed by atoms with van der Waals surface area (Å²) >= 11 is 3.62. The maximum absolute atomic E-state index is 3.62. The number of nitrogens with one attached hydrogen (secondary N) is 1. The van der Waals surface area contributed by atoms with Crippen LogP contribution in [0.15, 0.2) is 28.7 Å². The number of nitrogens with zero attached hydrogens (tertiary/aromatic N) is 1. The number of rotatable bonds is 1. The predicted octanol–water partition coefficient (Wildman–Crippen LogP) is 2.64. The molecule has 0 amide bonds. The fourth-order valence-corrected chi connectivity index (χ4v) is 2.51. The zero-order valence-electron chi connectivity index (χ0n) is 8.88. The van der Waals surface area contributed by atoms with Crippen molar-refractivity contribution in [2.24, 2.45) is 0 Å². The average molecular weight is 269 g/mol. The lowest BCUT2D eigenvalue weighted by Gasteiger charge is -2.28. The van der Waals surface area contributed by atoms with Crippen molar-refractivity contribution in [3.05, 3.63) is 28.7 Å². The highest BCUT2D eigenvalue weighted by molar-refractivity contribution is 9.10. The molecule has 0 unspecified atom stereocenters. The van der Waals surface area contributed by atoms with Crippen LogP contribution < -0.4 is 10.2 Å². The molecule has 0 aromatic heterocycles. The van der Waals surface area contributed by atoms with Crippen molar-refractivity contribution in [3.63, 3.8) is 0 Å². The fourth-order valence-electron chi connectivity index (χ4n) is 1.98. The molecule has 1 saturated heterocycles. The molecule has 15 heavy (non-hydrogen) atoms. The summed E-state index contributed by atoms with van der Waals surface area (Å²) in [6.07, 6.45) is 2.45. The van der Waals surface area contributed by atoms with Crippen LogP contribution in [0, 0.1) is 0 Å². The molecule has 82 valence electrons. The Labute approximate surface area is 99.8 Å². The summed E-state index contributed by atoms with van der Waals surface area (Å²) < 4.78 is 1.21. The number of anilines is 1. The van der Waals surface area contributed by atoms with Crippen LogP contribution >= 0.6 is 15.9 Å². The quantitative estimate of drug-likeness (QED) is 0.843. The van der Waals surface area contributed by atoms with Gasteiger partial charge < -0.3 is 10.2 Å². The van der Waals surface area contributed by atoms with Crippen LogP contribution in [0.2, 0.25) is 0 Å². The Balaban J connectivity index is 2.10. The minimum absolute atomic E-state index is 1.14. The molecule has 1 fully saturated rings. The third-order valence-corrected chi connectivity index (χ3v) is 3.43. The second-order valence-electron chi connectivity index (χ2n) is 3.90. The molecular weight excluding hydrogens is 252 g/mol. The van der Waals surface area contributed by atoms with Crippen molar-refractivity contribution in [3.8, 4) is 0 Å². The van der Waals surface area contributed by atoms with Crippen molar-refractivity contribution in [2.75, 3.05) is 31.1 Å². The van der Waals surface area contributed by atoms with E-state index in [0.717, 1.165) is 26.2 Å². The van der Waals surface area contributed by atoms with Crippen molar-refractivity contribution < 1.29 is 0 Å². The minimum atomic E-state index is 1.14. The van der Waals surface area contributed by atoms with Crippen LogP contribution in [0.4, 0.5) is 5.69 Å². The van der Waals surface area contributed by atoms with Crippen molar-refractivity contribution >= 4 is 21.6 Å². The monoisotopic (exact) mass is 268 g/mol. The van der Waals surface area contributed by atoms with Crippen LogP contribution in [0.3, 0.4) is 0 Å². The van der Waals surface area contributed by atoms with E-state index >= 15 is 0 Å². The largest absolute Gasteiger partial charge is 0.371 e. The smallest absolute Gasteiger partial charge is 0.0510 e. The molecule has 1 aromatic rings. The lowest BCUT2D eigenvalue weighted by Crippen LogP contribution is -2.34. The average Bonchev–Trinajstić information content (AvgIpc) is 2.19. The van der Waals surface area contributed by atoms with Gasteiger partial charge in [0.25, 0.3) is 0 Å². The van der Waals surface area contributed by atoms with Gasteiger partial charge in [-0.3, -0.25) is 0 Å². The first-order valence-electron chi connectivity index (χ1n) is 5.58. The van der Waals surface area contributed by atoms with Gasteiger partial charge in [-0.1, -0.05) is 12.1 Å². The summed E-state index contributed by atoms with van der Waals surface area (Å²) in [5.74, 6) is 0. The van der Waals surface area contributed by atoms with Gasteiger partial charge in [-0.15, -0.1) is 0 Å².